The highest BCUT2D eigenvalue weighted by Crippen LogP contribution is 2.12. The lowest BCUT2D eigenvalue weighted by atomic mass is 10.1. The van der Waals surface area contributed by atoms with Crippen LogP contribution in [0.25, 0.3) is 10.8 Å². The minimum Gasteiger partial charge on any atom is -0.366 e. The molecule has 2 aromatic rings. The molecule has 0 fully saturated rings. The highest BCUT2D eigenvalue weighted by molar-refractivity contribution is 6.05. The number of fused-ring (bicyclic) bond motifs is 1. The van der Waals surface area contributed by atoms with Crippen molar-refractivity contribution in [3.8, 4) is 0 Å². The van der Waals surface area contributed by atoms with Gasteiger partial charge in [-0.05, 0) is 6.07 Å². The Morgan fingerprint density at radius 1 is 1.21 bits per heavy atom. The summed E-state index contributed by atoms with van der Waals surface area (Å²) in [5.74, 6) is -0.544. The summed E-state index contributed by atoms with van der Waals surface area (Å²) in [6.45, 7) is 0. The average molecular weight is 188 g/mol. The van der Waals surface area contributed by atoms with Crippen molar-refractivity contribution in [1.82, 2.24) is 4.98 Å². The van der Waals surface area contributed by atoms with Crippen molar-refractivity contribution in [3.63, 3.8) is 0 Å². The van der Waals surface area contributed by atoms with Gasteiger partial charge in [-0.15, -0.1) is 0 Å². The molecular formula is C10H8N2O2. The van der Waals surface area contributed by atoms with Crippen molar-refractivity contribution in [3.05, 3.63) is 46.4 Å². The van der Waals surface area contributed by atoms with Gasteiger partial charge in [0.2, 0.25) is 0 Å². The third-order valence-corrected chi connectivity index (χ3v) is 2.07. The molecule has 0 radical (unpaired) electrons. The van der Waals surface area contributed by atoms with Gasteiger partial charge in [0.25, 0.3) is 11.5 Å². The highest BCUT2D eigenvalue weighted by atomic mass is 16.1. The maximum absolute atomic E-state index is 11.3. The molecule has 4 nitrogen and oxygen atoms in total. The van der Waals surface area contributed by atoms with Crippen molar-refractivity contribution in [2.24, 2.45) is 5.73 Å². The number of carbonyl (C=O) groups is 1. The largest absolute Gasteiger partial charge is 0.366 e. The van der Waals surface area contributed by atoms with Gasteiger partial charge in [-0.25, -0.2) is 0 Å². The fourth-order valence-corrected chi connectivity index (χ4v) is 1.41. The summed E-state index contributed by atoms with van der Waals surface area (Å²) in [5.41, 5.74) is 5.29. The van der Waals surface area contributed by atoms with E-state index in [9.17, 15) is 9.59 Å². The van der Waals surface area contributed by atoms with Crippen molar-refractivity contribution in [2.75, 3.05) is 0 Å². The molecule has 0 saturated carbocycles. The Labute approximate surface area is 79.4 Å². The SMILES string of the molecule is NC(=O)c1c[nH]c(=O)c2ccccc12. The number of aromatic nitrogens is 1. The van der Waals surface area contributed by atoms with Crippen LogP contribution in [0.4, 0.5) is 0 Å². The molecule has 0 unspecified atom stereocenters. The lowest BCUT2D eigenvalue weighted by molar-refractivity contribution is 0.100. The number of carbonyl (C=O) groups excluding carboxylic acids is 1. The number of amides is 1. The van der Waals surface area contributed by atoms with E-state index < -0.39 is 5.91 Å². The van der Waals surface area contributed by atoms with Crippen LogP contribution in [0.3, 0.4) is 0 Å². The van der Waals surface area contributed by atoms with E-state index in [0.717, 1.165) is 0 Å². The first kappa shape index (κ1) is 8.50. The van der Waals surface area contributed by atoms with Crippen LogP contribution in [0.15, 0.2) is 35.3 Å². The Morgan fingerprint density at radius 2 is 1.86 bits per heavy atom. The Hall–Kier alpha value is -2.10. The molecule has 0 spiro atoms. The number of nitrogens with two attached hydrogens (primary N) is 1. The Balaban J connectivity index is 2.96. The molecule has 0 aliphatic rings. The fraction of sp³-hybridized carbons (Fsp3) is 0. The van der Waals surface area contributed by atoms with Gasteiger partial charge in [-0.3, -0.25) is 9.59 Å². The maximum Gasteiger partial charge on any atom is 0.255 e. The van der Waals surface area contributed by atoms with Crippen molar-refractivity contribution in [1.29, 1.82) is 0 Å². The van der Waals surface area contributed by atoms with E-state index in [4.69, 9.17) is 5.73 Å². The molecule has 0 aliphatic carbocycles. The van der Waals surface area contributed by atoms with Crippen molar-refractivity contribution < 1.29 is 4.79 Å². The minimum absolute atomic E-state index is 0.217. The molecule has 4 heteroatoms. The van der Waals surface area contributed by atoms with Crippen LogP contribution in [0, 0.1) is 0 Å². The number of benzene rings is 1. The highest BCUT2D eigenvalue weighted by Gasteiger charge is 2.07. The quantitative estimate of drug-likeness (QED) is 0.688. The van der Waals surface area contributed by atoms with Gasteiger partial charge in [0.15, 0.2) is 0 Å². The summed E-state index contributed by atoms with van der Waals surface area (Å²) in [7, 11) is 0. The van der Waals surface area contributed by atoms with Gasteiger partial charge in [0, 0.05) is 17.0 Å². The molecule has 1 aromatic carbocycles. The fourth-order valence-electron chi connectivity index (χ4n) is 1.41. The first-order valence-electron chi connectivity index (χ1n) is 4.10. The van der Waals surface area contributed by atoms with Gasteiger partial charge in [-0.1, -0.05) is 18.2 Å². The standard InChI is InChI=1S/C10H8N2O2/c11-9(13)8-5-12-10(14)7-4-2-1-3-6(7)8/h1-5H,(H2,11,13)(H,12,14). The van der Waals surface area contributed by atoms with Crippen LogP contribution in [0.2, 0.25) is 0 Å². The third-order valence-electron chi connectivity index (χ3n) is 2.07. The Kier molecular flexibility index (Phi) is 1.81. The van der Waals surface area contributed by atoms with Gasteiger partial charge < -0.3 is 10.7 Å². The van der Waals surface area contributed by atoms with Crippen LogP contribution >= 0.6 is 0 Å². The number of pyridine rings is 1. The molecule has 1 heterocycles. The first-order chi connectivity index (χ1) is 6.70. The second-order valence-corrected chi connectivity index (χ2v) is 2.94. The lowest BCUT2D eigenvalue weighted by Crippen LogP contribution is -2.15. The van der Waals surface area contributed by atoms with Crippen molar-refractivity contribution in [2.45, 2.75) is 0 Å². The number of hydrogen-bond acceptors (Lipinski definition) is 2. The minimum atomic E-state index is -0.544. The van der Waals surface area contributed by atoms with E-state index in [-0.39, 0.29) is 5.56 Å². The molecule has 3 N–H and O–H groups in total. The number of rotatable bonds is 1. The molecule has 0 atom stereocenters. The number of nitrogens with one attached hydrogen (secondary N) is 1. The zero-order valence-electron chi connectivity index (χ0n) is 7.28. The molecule has 0 bridgehead atoms. The topological polar surface area (TPSA) is 76.0 Å². The van der Waals surface area contributed by atoms with Gasteiger partial charge in [0.05, 0.1) is 5.56 Å². The summed E-state index contributed by atoms with van der Waals surface area (Å²) in [4.78, 5) is 24.8. The number of hydrogen-bond donors (Lipinski definition) is 2. The summed E-state index contributed by atoms with van der Waals surface area (Å²) < 4.78 is 0. The first-order valence-corrected chi connectivity index (χ1v) is 4.10. The van der Waals surface area contributed by atoms with E-state index in [2.05, 4.69) is 4.98 Å². The maximum atomic E-state index is 11.3. The smallest absolute Gasteiger partial charge is 0.255 e. The van der Waals surface area contributed by atoms with Crippen LogP contribution in [-0.2, 0) is 0 Å². The summed E-state index contributed by atoms with van der Waals surface area (Å²) in [6, 6.07) is 6.85. The van der Waals surface area contributed by atoms with E-state index >= 15 is 0 Å². The zero-order chi connectivity index (χ0) is 10.1. The second kappa shape index (κ2) is 2.99. The Bertz CT molecular complexity index is 557. The molecule has 2 rings (SSSR count). The average Bonchev–Trinajstić information content (AvgIpc) is 2.18. The van der Waals surface area contributed by atoms with E-state index in [1.165, 1.54) is 6.20 Å². The van der Waals surface area contributed by atoms with Gasteiger partial charge in [-0.2, -0.15) is 0 Å². The lowest BCUT2D eigenvalue weighted by Gasteiger charge is -2.00. The number of H-pyrrole nitrogens is 1. The number of aromatic amines is 1. The summed E-state index contributed by atoms with van der Waals surface area (Å²) in [5, 5.41) is 1.06. The third kappa shape index (κ3) is 1.17. The number of primary amides is 1. The van der Waals surface area contributed by atoms with Gasteiger partial charge in [0.1, 0.15) is 0 Å². The predicted molar refractivity (Wildman–Crippen MR) is 53.1 cm³/mol. The van der Waals surface area contributed by atoms with E-state index in [1.54, 1.807) is 24.3 Å². The molecule has 1 aromatic heterocycles. The van der Waals surface area contributed by atoms with Crippen LogP contribution < -0.4 is 11.3 Å². The molecule has 0 aliphatic heterocycles. The van der Waals surface area contributed by atoms with Gasteiger partial charge >= 0.3 is 0 Å². The van der Waals surface area contributed by atoms with E-state index in [1.807, 2.05) is 0 Å². The Morgan fingerprint density at radius 3 is 2.50 bits per heavy atom. The molecule has 70 valence electrons. The van der Waals surface area contributed by atoms with Crippen LogP contribution in [0.5, 0.6) is 0 Å². The molecule has 1 amide bonds. The molecular weight excluding hydrogens is 180 g/mol. The monoisotopic (exact) mass is 188 g/mol. The van der Waals surface area contributed by atoms with E-state index in [0.29, 0.717) is 16.3 Å². The zero-order valence-corrected chi connectivity index (χ0v) is 7.28. The van der Waals surface area contributed by atoms with Crippen molar-refractivity contribution >= 4 is 16.7 Å². The second-order valence-electron chi connectivity index (χ2n) is 2.94. The molecule has 14 heavy (non-hydrogen) atoms. The van der Waals surface area contributed by atoms with Crippen LogP contribution in [0.1, 0.15) is 10.4 Å². The summed E-state index contributed by atoms with van der Waals surface area (Å²) >= 11 is 0. The normalized spacial score (nSPS) is 10.3. The summed E-state index contributed by atoms with van der Waals surface area (Å²) in [6.07, 6.45) is 1.34. The van der Waals surface area contributed by atoms with Crippen LogP contribution in [-0.4, -0.2) is 10.9 Å². The molecule has 0 saturated heterocycles. The predicted octanol–water partition coefficient (Wildman–Crippen LogP) is 0.627.